The van der Waals surface area contributed by atoms with Gasteiger partial charge in [0.05, 0.1) is 0 Å². The first kappa shape index (κ1) is 21.8. The van der Waals surface area contributed by atoms with E-state index in [-0.39, 0.29) is 5.56 Å². The fourth-order valence-electron chi connectivity index (χ4n) is 3.85. The van der Waals surface area contributed by atoms with E-state index in [1.54, 1.807) is 4.57 Å². The van der Waals surface area contributed by atoms with E-state index in [0.717, 1.165) is 32.1 Å². The van der Waals surface area contributed by atoms with Crippen molar-refractivity contribution in [3.05, 3.63) is 87.8 Å². The van der Waals surface area contributed by atoms with Crippen LogP contribution in [-0.4, -0.2) is 29.6 Å². The molecule has 4 aromatic rings. The number of aryl methyl sites for hydroxylation is 1. The minimum Gasteiger partial charge on any atom is -0.306 e. The summed E-state index contributed by atoms with van der Waals surface area (Å²) in [5, 5.41) is 1.68. The van der Waals surface area contributed by atoms with Crippen molar-refractivity contribution in [3.8, 4) is 16.1 Å². The van der Waals surface area contributed by atoms with Gasteiger partial charge in [0.25, 0.3) is 5.56 Å². The van der Waals surface area contributed by atoms with Gasteiger partial charge in [-0.15, -0.1) is 11.3 Å². The number of nitrogens with zero attached hydrogens (tertiary/aromatic N) is 2. The molecular formula is C26H27ClN2OS. The molecule has 2 aromatic carbocycles. The van der Waals surface area contributed by atoms with Crippen LogP contribution in [0.2, 0.25) is 5.02 Å². The Balaban J connectivity index is 0.000000282. The number of hydrogen-bond acceptors (Lipinski definition) is 3. The van der Waals surface area contributed by atoms with Gasteiger partial charge in [-0.25, -0.2) is 0 Å². The first-order valence-electron chi connectivity index (χ1n) is 10.6. The number of hydrogen-bond donors (Lipinski definition) is 0. The predicted octanol–water partition coefficient (Wildman–Crippen LogP) is 6.64. The molecule has 1 unspecified atom stereocenters. The maximum atomic E-state index is 12.9. The number of benzene rings is 2. The molecule has 1 fully saturated rings. The van der Waals surface area contributed by atoms with Crippen molar-refractivity contribution >= 4 is 33.0 Å². The summed E-state index contributed by atoms with van der Waals surface area (Å²) in [6, 6.07) is 19.7. The minimum absolute atomic E-state index is 0.0153. The summed E-state index contributed by atoms with van der Waals surface area (Å²) in [4.78, 5) is 16.3. The molecule has 5 heteroatoms. The van der Waals surface area contributed by atoms with Crippen LogP contribution in [0.4, 0.5) is 0 Å². The van der Waals surface area contributed by atoms with E-state index in [1.165, 1.54) is 36.4 Å². The van der Waals surface area contributed by atoms with Crippen molar-refractivity contribution in [2.24, 2.45) is 5.92 Å². The molecule has 5 rings (SSSR count). The second kappa shape index (κ2) is 9.39. The molecule has 1 saturated heterocycles. The topological polar surface area (TPSA) is 25.2 Å². The van der Waals surface area contributed by atoms with E-state index in [0.29, 0.717) is 5.02 Å². The van der Waals surface area contributed by atoms with Crippen LogP contribution >= 0.6 is 22.9 Å². The SMILES string of the molecule is CC1CCN(C)C1.Cc1ccc(-n2ccc3cc(-c4ccc(Cl)cc4)sc3c2=O)cc1. The van der Waals surface area contributed by atoms with Crippen molar-refractivity contribution in [2.45, 2.75) is 20.3 Å². The molecule has 0 saturated carbocycles. The molecule has 3 nitrogen and oxygen atoms in total. The van der Waals surface area contributed by atoms with Crippen LogP contribution in [-0.2, 0) is 0 Å². The molecule has 1 aliphatic rings. The third-order valence-electron chi connectivity index (χ3n) is 5.64. The van der Waals surface area contributed by atoms with Crippen molar-refractivity contribution in [1.82, 2.24) is 9.47 Å². The fourth-order valence-corrected chi connectivity index (χ4v) is 5.06. The zero-order valence-corrected chi connectivity index (χ0v) is 19.7. The van der Waals surface area contributed by atoms with Gasteiger partial charge in [0.15, 0.2) is 0 Å². The third-order valence-corrected chi connectivity index (χ3v) is 7.08. The Bertz CT molecular complexity index is 1220. The molecule has 1 aliphatic heterocycles. The van der Waals surface area contributed by atoms with E-state index >= 15 is 0 Å². The van der Waals surface area contributed by atoms with Gasteiger partial charge in [0, 0.05) is 33.7 Å². The van der Waals surface area contributed by atoms with E-state index < -0.39 is 0 Å². The van der Waals surface area contributed by atoms with Gasteiger partial charge in [-0.1, -0.05) is 48.4 Å². The molecule has 0 aliphatic carbocycles. The van der Waals surface area contributed by atoms with Crippen LogP contribution < -0.4 is 5.56 Å². The monoisotopic (exact) mass is 450 g/mol. The lowest BCUT2D eigenvalue weighted by molar-refractivity contribution is 0.402. The molecule has 0 spiro atoms. The highest BCUT2D eigenvalue weighted by atomic mass is 35.5. The van der Waals surface area contributed by atoms with Crippen LogP contribution in [0.1, 0.15) is 18.9 Å². The third kappa shape index (κ3) is 5.09. The summed E-state index contributed by atoms with van der Waals surface area (Å²) in [6.07, 6.45) is 3.24. The first-order valence-corrected chi connectivity index (χ1v) is 11.8. The quantitative estimate of drug-likeness (QED) is 0.342. The molecule has 160 valence electrons. The second-order valence-corrected chi connectivity index (χ2v) is 9.87. The second-order valence-electron chi connectivity index (χ2n) is 8.38. The molecule has 3 heterocycles. The highest BCUT2D eigenvalue weighted by Gasteiger charge is 2.13. The van der Waals surface area contributed by atoms with Gasteiger partial charge in [0.1, 0.15) is 4.70 Å². The van der Waals surface area contributed by atoms with Crippen molar-refractivity contribution in [3.63, 3.8) is 0 Å². The standard InChI is InChI=1S/C20H14ClNOS.C6H13N/c1-13-2-8-17(9-3-13)22-11-10-15-12-18(24-19(15)20(22)23)14-4-6-16(21)7-5-14;1-6-3-4-7(2)5-6/h2-12H,1H3;6H,3-5H2,1-2H3. The average molecular weight is 451 g/mol. The van der Waals surface area contributed by atoms with Gasteiger partial charge in [-0.2, -0.15) is 0 Å². The molecule has 31 heavy (non-hydrogen) atoms. The number of pyridine rings is 1. The van der Waals surface area contributed by atoms with E-state index in [2.05, 4.69) is 24.9 Å². The number of likely N-dealkylation sites (tertiary alicyclic amines) is 1. The number of aromatic nitrogens is 1. The molecule has 1 atom stereocenters. The molecule has 0 amide bonds. The zero-order chi connectivity index (χ0) is 22.0. The Kier molecular flexibility index (Phi) is 6.61. The highest BCUT2D eigenvalue weighted by Crippen LogP contribution is 2.32. The highest BCUT2D eigenvalue weighted by molar-refractivity contribution is 7.22. The largest absolute Gasteiger partial charge is 0.306 e. The lowest BCUT2D eigenvalue weighted by atomic mass is 10.2. The lowest BCUT2D eigenvalue weighted by Crippen LogP contribution is -2.16. The summed E-state index contributed by atoms with van der Waals surface area (Å²) in [5.41, 5.74) is 3.14. The summed E-state index contributed by atoms with van der Waals surface area (Å²) in [7, 11) is 2.18. The maximum Gasteiger partial charge on any atom is 0.273 e. The molecule has 0 bridgehead atoms. The molecule has 2 aromatic heterocycles. The van der Waals surface area contributed by atoms with E-state index in [9.17, 15) is 4.79 Å². The Morgan fingerprint density at radius 2 is 1.74 bits per heavy atom. The fraction of sp³-hybridized carbons (Fsp3) is 0.269. The van der Waals surface area contributed by atoms with Crippen LogP contribution in [0.5, 0.6) is 0 Å². The number of rotatable bonds is 2. The minimum atomic E-state index is 0.0153. The van der Waals surface area contributed by atoms with Crippen LogP contribution in [0.15, 0.2) is 71.7 Å². The van der Waals surface area contributed by atoms with Gasteiger partial charge in [0.2, 0.25) is 0 Å². The smallest absolute Gasteiger partial charge is 0.273 e. The van der Waals surface area contributed by atoms with E-state index in [4.69, 9.17) is 11.6 Å². The van der Waals surface area contributed by atoms with Crippen molar-refractivity contribution in [1.29, 1.82) is 0 Å². The summed E-state index contributed by atoms with van der Waals surface area (Å²) < 4.78 is 2.47. The maximum absolute atomic E-state index is 12.9. The summed E-state index contributed by atoms with van der Waals surface area (Å²) >= 11 is 7.47. The lowest BCUT2D eigenvalue weighted by Gasteiger charge is -2.05. The Morgan fingerprint density at radius 1 is 1.03 bits per heavy atom. The summed E-state index contributed by atoms with van der Waals surface area (Å²) in [5.74, 6) is 0.949. The van der Waals surface area contributed by atoms with Crippen molar-refractivity contribution < 1.29 is 0 Å². The Labute approximate surface area is 192 Å². The number of halogens is 1. The van der Waals surface area contributed by atoms with Crippen LogP contribution in [0.25, 0.3) is 26.2 Å². The summed E-state index contributed by atoms with van der Waals surface area (Å²) in [6.45, 7) is 6.96. The zero-order valence-electron chi connectivity index (χ0n) is 18.1. The van der Waals surface area contributed by atoms with Gasteiger partial charge in [-0.3, -0.25) is 9.36 Å². The predicted molar refractivity (Wildman–Crippen MR) is 134 cm³/mol. The van der Waals surface area contributed by atoms with Gasteiger partial charge < -0.3 is 4.90 Å². The molecular weight excluding hydrogens is 424 g/mol. The van der Waals surface area contributed by atoms with Gasteiger partial charge in [-0.05, 0) is 74.8 Å². The average Bonchev–Trinajstić information content (AvgIpc) is 3.36. The van der Waals surface area contributed by atoms with Crippen LogP contribution in [0, 0.1) is 12.8 Å². The Morgan fingerprint density at radius 3 is 2.32 bits per heavy atom. The van der Waals surface area contributed by atoms with E-state index in [1.807, 2.05) is 67.7 Å². The van der Waals surface area contributed by atoms with Crippen molar-refractivity contribution in [2.75, 3.05) is 20.1 Å². The Hall–Kier alpha value is -2.40. The van der Waals surface area contributed by atoms with Crippen LogP contribution in [0.3, 0.4) is 0 Å². The number of fused-ring (bicyclic) bond motifs is 1. The number of thiophene rings is 1. The first-order chi connectivity index (χ1) is 14.9. The molecule has 0 N–H and O–H groups in total. The molecule has 0 radical (unpaired) electrons. The normalized spacial score (nSPS) is 16.3. The van der Waals surface area contributed by atoms with Gasteiger partial charge >= 0.3 is 0 Å².